The van der Waals surface area contributed by atoms with Crippen molar-refractivity contribution in [1.29, 1.82) is 0 Å². The van der Waals surface area contributed by atoms with Gasteiger partial charge in [-0.1, -0.05) is 6.92 Å². The van der Waals surface area contributed by atoms with Gasteiger partial charge in [0.25, 0.3) is 0 Å². The molecule has 0 aliphatic carbocycles. The molecule has 0 spiro atoms. The van der Waals surface area contributed by atoms with Crippen LogP contribution in [0.25, 0.3) is 0 Å². The Bertz CT molecular complexity index is 275. The highest BCUT2D eigenvalue weighted by Gasteiger charge is 2.21. The lowest BCUT2D eigenvalue weighted by molar-refractivity contribution is -0.135. The van der Waals surface area contributed by atoms with Gasteiger partial charge in [0.15, 0.2) is 0 Å². The first-order valence-electron chi connectivity index (χ1n) is 4.95. The molecule has 84 valence electrons. The van der Waals surface area contributed by atoms with E-state index in [-0.39, 0.29) is 12.0 Å². The van der Waals surface area contributed by atoms with E-state index in [0.29, 0.717) is 19.7 Å². The summed E-state index contributed by atoms with van der Waals surface area (Å²) in [5.41, 5.74) is 0. The minimum atomic E-state index is -1.11. The summed E-state index contributed by atoms with van der Waals surface area (Å²) in [6.45, 7) is 3.58. The van der Waals surface area contributed by atoms with Gasteiger partial charge in [0.2, 0.25) is 5.91 Å². The predicted molar refractivity (Wildman–Crippen MR) is 53.4 cm³/mol. The number of carboxylic acids is 1. The average molecular weight is 213 g/mol. The van der Waals surface area contributed by atoms with Gasteiger partial charge in [-0.15, -0.1) is 0 Å². The number of hydrogen-bond donors (Lipinski definition) is 1. The van der Waals surface area contributed by atoms with Gasteiger partial charge in [0, 0.05) is 25.2 Å². The molecule has 1 aliphatic heterocycles. The summed E-state index contributed by atoms with van der Waals surface area (Å²) in [5, 5.41) is 8.38. The third-order valence-corrected chi connectivity index (χ3v) is 2.27. The molecule has 15 heavy (non-hydrogen) atoms. The summed E-state index contributed by atoms with van der Waals surface area (Å²) in [6.07, 6.45) is 2.87. The number of rotatable bonds is 3. The van der Waals surface area contributed by atoms with Crippen LogP contribution in [0.2, 0.25) is 0 Å². The smallest absolute Gasteiger partial charge is 0.328 e. The van der Waals surface area contributed by atoms with Crippen molar-refractivity contribution in [3.63, 3.8) is 0 Å². The third kappa shape index (κ3) is 3.71. The lowest BCUT2D eigenvalue weighted by Gasteiger charge is -2.31. The van der Waals surface area contributed by atoms with Crippen LogP contribution in [-0.2, 0) is 14.3 Å². The van der Waals surface area contributed by atoms with E-state index >= 15 is 0 Å². The highest BCUT2D eigenvalue weighted by atomic mass is 16.5. The van der Waals surface area contributed by atoms with Crippen LogP contribution in [0.15, 0.2) is 12.2 Å². The molecule has 0 aromatic carbocycles. The van der Waals surface area contributed by atoms with E-state index in [4.69, 9.17) is 9.84 Å². The van der Waals surface area contributed by atoms with E-state index in [1.807, 2.05) is 6.92 Å². The van der Waals surface area contributed by atoms with E-state index in [1.165, 1.54) is 0 Å². The Labute approximate surface area is 88.3 Å². The maximum absolute atomic E-state index is 11.5. The van der Waals surface area contributed by atoms with Crippen LogP contribution in [0.4, 0.5) is 0 Å². The van der Waals surface area contributed by atoms with Gasteiger partial charge in [-0.3, -0.25) is 4.79 Å². The van der Waals surface area contributed by atoms with Crippen molar-refractivity contribution < 1.29 is 19.4 Å². The minimum absolute atomic E-state index is 0.0703. The van der Waals surface area contributed by atoms with Crippen molar-refractivity contribution in [3.05, 3.63) is 12.2 Å². The predicted octanol–water partition coefficient (Wildman–Crippen LogP) is 0.265. The Hall–Kier alpha value is -1.36. The monoisotopic (exact) mass is 213 g/mol. The molecule has 1 fully saturated rings. The van der Waals surface area contributed by atoms with Crippen LogP contribution in [-0.4, -0.2) is 47.7 Å². The molecular weight excluding hydrogens is 198 g/mol. The second kappa shape index (κ2) is 5.50. The number of carbonyl (C=O) groups is 2. The van der Waals surface area contributed by atoms with Gasteiger partial charge in [-0.25, -0.2) is 4.79 Å². The molecule has 1 atom stereocenters. The number of aliphatic carboxylic acids is 1. The molecule has 0 aromatic rings. The van der Waals surface area contributed by atoms with Crippen molar-refractivity contribution in [2.45, 2.75) is 19.4 Å². The minimum Gasteiger partial charge on any atom is -0.478 e. The SMILES string of the molecule is CCC1CN(C(=O)/C=C/C(=O)O)CCO1. The quantitative estimate of drug-likeness (QED) is 0.683. The Morgan fingerprint density at radius 3 is 2.87 bits per heavy atom. The van der Waals surface area contributed by atoms with E-state index in [0.717, 1.165) is 18.6 Å². The maximum atomic E-state index is 11.5. The Balaban J connectivity index is 2.48. The number of carboxylic acid groups (broad SMARTS) is 1. The highest BCUT2D eigenvalue weighted by molar-refractivity contribution is 5.93. The Morgan fingerprint density at radius 2 is 2.27 bits per heavy atom. The summed E-state index contributed by atoms with van der Waals surface area (Å²) in [4.78, 5) is 23.3. The van der Waals surface area contributed by atoms with E-state index in [1.54, 1.807) is 4.90 Å². The van der Waals surface area contributed by atoms with Crippen LogP contribution in [0.5, 0.6) is 0 Å². The van der Waals surface area contributed by atoms with Gasteiger partial charge < -0.3 is 14.7 Å². The second-order valence-electron chi connectivity index (χ2n) is 3.36. The van der Waals surface area contributed by atoms with Gasteiger partial charge in [0.1, 0.15) is 0 Å². The standard InChI is InChI=1S/C10H15NO4/c1-2-8-7-11(5-6-15-8)9(12)3-4-10(13)14/h3-4,8H,2,5-7H2,1H3,(H,13,14)/b4-3+. The zero-order chi connectivity index (χ0) is 11.3. The van der Waals surface area contributed by atoms with Gasteiger partial charge in [-0.05, 0) is 6.42 Å². The van der Waals surface area contributed by atoms with Gasteiger partial charge >= 0.3 is 5.97 Å². The summed E-state index contributed by atoms with van der Waals surface area (Å²) < 4.78 is 5.40. The Kier molecular flexibility index (Phi) is 4.30. The molecule has 1 amide bonds. The lowest BCUT2D eigenvalue weighted by atomic mass is 10.2. The molecule has 0 bridgehead atoms. The summed E-state index contributed by atoms with van der Waals surface area (Å²) >= 11 is 0. The van der Waals surface area contributed by atoms with Gasteiger partial charge in [0.05, 0.1) is 12.7 Å². The first kappa shape index (κ1) is 11.7. The number of morpholine rings is 1. The van der Waals surface area contributed by atoms with Crippen LogP contribution in [0.3, 0.4) is 0 Å². The molecule has 0 saturated carbocycles. The molecule has 1 unspecified atom stereocenters. The van der Waals surface area contributed by atoms with Crippen LogP contribution in [0, 0.1) is 0 Å². The first-order valence-corrected chi connectivity index (χ1v) is 4.95. The molecule has 1 heterocycles. The fourth-order valence-electron chi connectivity index (χ4n) is 1.41. The molecule has 0 aromatic heterocycles. The number of carbonyl (C=O) groups excluding carboxylic acids is 1. The zero-order valence-corrected chi connectivity index (χ0v) is 8.68. The number of hydrogen-bond acceptors (Lipinski definition) is 3. The molecule has 1 saturated heterocycles. The lowest BCUT2D eigenvalue weighted by Crippen LogP contribution is -2.44. The average Bonchev–Trinajstić information content (AvgIpc) is 2.26. The molecule has 1 aliphatic rings. The summed E-state index contributed by atoms with van der Waals surface area (Å²) in [7, 11) is 0. The molecule has 5 heteroatoms. The number of amides is 1. The van der Waals surface area contributed by atoms with E-state index in [9.17, 15) is 9.59 Å². The fraction of sp³-hybridized carbons (Fsp3) is 0.600. The molecule has 0 radical (unpaired) electrons. The first-order chi connectivity index (χ1) is 7.13. The van der Waals surface area contributed by atoms with Crippen molar-refractivity contribution in [3.8, 4) is 0 Å². The van der Waals surface area contributed by atoms with Crippen LogP contribution in [0.1, 0.15) is 13.3 Å². The zero-order valence-electron chi connectivity index (χ0n) is 8.68. The third-order valence-electron chi connectivity index (χ3n) is 2.27. The number of ether oxygens (including phenoxy) is 1. The number of nitrogens with zero attached hydrogens (tertiary/aromatic N) is 1. The largest absolute Gasteiger partial charge is 0.478 e. The highest BCUT2D eigenvalue weighted by Crippen LogP contribution is 2.08. The van der Waals surface area contributed by atoms with Crippen LogP contribution < -0.4 is 0 Å². The molecule has 1 N–H and O–H groups in total. The van der Waals surface area contributed by atoms with Crippen molar-refractivity contribution in [2.24, 2.45) is 0 Å². The normalized spacial score (nSPS) is 21.9. The maximum Gasteiger partial charge on any atom is 0.328 e. The topological polar surface area (TPSA) is 66.8 Å². The second-order valence-corrected chi connectivity index (χ2v) is 3.36. The van der Waals surface area contributed by atoms with Crippen molar-refractivity contribution in [1.82, 2.24) is 4.90 Å². The molecule has 1 rings (SSSR count). The van der Waals surface area contributed by atoms with Crippen molar-refractivity contribution >= 4 is 11.9 Å². The van der Waals surface area contributed by atoms with E-state index < -0.39 is 5.97 Å². The Morgan fingerprint density at radius 1 is 1.53 bits per heavy atom. The van der Waals surface area contributed by atoms with Crippen molar-refractivity contribution in [2.75, 3.05) is 19.7 Å². The summed E-state index contributed by atoms with van der Waals surface area (Å²) in [5.74, 6) is -1.37. The van der Waals surface area contributed by atoms with Gasteiger partial charge in [-0.2, -0.15) is 0 Å². The van der Waals surface area contributed by atoms with E-state index in [2.05, 4.69) is 0 Å². The summed E-state index contributed by atoms with van der Waals surface area (Å²) in [6, 6.07) is 0. The fourth-order valence-corrected chi connectivity index (χ4v) is 1.41. The molecular formula is C10H15NO4. The van der Waals surface area contributed by atoms with Crippen LogP contribution >= 0.6 is 0 Å². The molecule has 5 nitrogen and oxygen atoms in total.